The molecule has 180 valence electrons. The molecular weight excluding hydrogens is 428 g/mol. The topological polar surface area (TPSA) is 70.1 Å². The molecule has 2 heterocycles. The maximum absolute atomic E-state index is 13.2. The minimum absolute atomic E-state index is 0.0190. The summed E-state index contributed by atoms with van der Waals surface area (Å²) in [6.07, 6.45) is 0.816. The SMILES string of the molecule is C[C@H]1Cc2cc(C(O)=C3C(=O)C(=O)N(CCN(C)C)[C@H]3c3ccc(C(C)(C)C)cc3)ccc2O1. The Bertz CT molecular complexity index is 1140. The zero-order valence-electron chi connectivity index (χ0n) is 20.9. The van der Waals surface area contributed by atoms with Crippen LogP contribution < -0.4 is 4.74 Å². The minimum Gasteiger partial charge on any atom is -0.507 e. The normalized spacial score (nSPS) is 21.8. The predicted octanol–water partition coefficient (Wildman–Crippen LogP) is 4.29. The van der Waals surface area contributed by atoms with Crippen LogP contribution in [0.3, 0.4) is 0 Å². The second-order valence-electron chi connectivity index (χ2n) is 10.6. The second kappa shape index (κ2) is 8.91. The molecule has 6 heteroatoms. The molecule has 6 nitrogen and oxygen atoms in total. The number of Topliss-reactive ketones (excluding diaryl/α,β-unsaturated/α-hetero) is 1. The van der Waals surface area contributed by atoms with E-state index in [9.17, 15) is 14.7 Å². The van der Waals surface area contributed by atoms with Gasteiger partial charge in [-0.05, 0) is 61.3 Å². The van der Waals surface area contributed by atoms with Crippen molar-refractivity contribution in [1.82, 2.24) is 9.80 Å². The van der Waals surface area contributed by atoms with Gasteiger partial charge in [0.2, 0.25) is 0 Å². The summed E-state index contributed by atoms with van der Waals surface area (Å²) < 4.78 is 5.77. The van der Waals surface area contributed by atoms with Gasteiger partial charge >= 0.3 is 0 Å². The Labute approximate surface area is 201 Å². The van der Waals surface area contributed by atoms with Gasteiger partial charge in [0.15, 0.2) is 0 Å². The Kier molecular flexibility index (Phi) is 6.30. The van der Waals surface area contributed by atoms with E-state index in [2.05, 4.69) is 20.8 Å². The number of amides is 1. The number of likely N-dealkylation sites (tertiary alicyclic amines) is 1. The molecule has 0 unspecified atom stereocenters. The van der Waals surface area contributed by atoms with Crippen molar-refractivity contribution in [2.45, 2.75) is 51.7 Å². The Morgan fingerprint density at radius 2 is 1.79 bits per heavy atom. The quantitative estimate of drug-likeness (QED) is 0.408. The van der Waals surface area contributed by atoms with Crippen molar-refractivity contribution < 1.29 is 19.4 Å². The van der Waals surface area contributed by atoms with Crippen LogP contribution in [0, 0.1) is 0 Å². The van der Waals surface area contributed by atoms with Crippen molar-refractivity contribution in [3.05, 3.63) is 70.3 Å². The van der Waals surface area contributed by atoms with Gasteiger partial charge < -0.3 is 19.6 Å². The molecule has 1 N–H and O–H groups in total. The molecule has 34 heavy (non-hydrogen) atoms. The molecule has 1 fully saturated rings. The average Bonchev–Trinajstić information content (AvgIpc) is 3.27. The van der Waals surface area contributed by atoms with Crippen LogP contribution in [-0.4, -0.2) is 59.9 Å². The first-order valence-electron chi connectivity index (χ1n) is 11.8. The molecule has 2 atom stereocenters. The molecule has 0 bridgehead atoms. The standard InChI is InChI=1S/C28H34N2O4/c1-17-15-20-16-19(9-12-22(20)34-17)25(31)23-24(18-7-10-21(11-8-18)28(2,3)4)30(14-13-29(5)6)27(33)26(23)32/h7-12,16-17,24,31H,13-15H2,1-6H3/t17-,24-/m0/s1. The van der Waals surface area contributed by atoms with Gasteiger partial charge in [-0.3, -0.25) is 9.59 Å². The number of benzene rings is 2. The van der Waals surface area contributed by atoms with E-state index in [0.29, 0.717) is 18.7 Å². The summed E-state index contributed by atoms with van der Waals surface area (Å²) >= 11 is 0. The highest BCUT2D eigenvalue weighted by molar-refractivity contribution is 6.46. The van der Waals surface area contributed by atoms with Gasteiger partial charge in [0.25, 0.3) is 11.7 Å². The summed E-state index contributed by atoms with van der Waals surface area (Å²) in [6.45, 7) is 9.42. The summed E-state index contributed by atoms with van der Waals surface area (Å²) in [7, 11) is 3.86. The molecule has 0 radical (unpaired) electrons. The lowest BCUT2D eigenvalue weighted by Crippen LogP contribution is -2.35. The highest BCUT2D eigenvalue weighted by Gasteiger charge is 2.46. The molecule has 2 aliphatic heterocycles. The van der Waals surface area contributed by atoms with Gasteiger partial charge in [-0.25, -0.2) is 0 Å². The molecule has 0 saturated carbocycles. The van der Waals surface area contributed by atoms with Crippen molar-refractivity contribution in [2.24, 2.45) is 0 Å². The Morgan fingerprint density at radius 3 is 2.41 bits per heavy atom. The van der Waals surface area contributed by atoms with Crippen LogP contribution in [0.4, 0.5) is 0 Å². The number of nitrogens with zero attached hydrogens (tertiary/aromatic N) is 2. The fourth-order valence-electron chi connectivity index (χ4n) is 4.66. The van der Waals surface area contributed by atoms with Crippen LogP contribution in [0.5, 0.6) is 5.75 Å². The smallest absolute Gasteiger partial charge is 0.295 e. The number of hydrogen-bond acceptors (Lipinski definition) is 5. The number of ether oxygens (including phenoxy) is 1. The number of rotatable bonds is 5. The molecule has 0 spiro atoms. The number of carbonyl (C=O) groups is 2. The zero-order chi connectivity index (χ0) is 24.8. The first kappa shape index (κ1) is 24.0. The van der Waals surface area contributed by atoms with Crippen molar-refractivity contribution in [3.8, 4) is 5.75 Å². The minimum atomic E-state index is -0.647. The number of fused-ring (bicyclic) bond motifs is 1. The number of hydrogen-bond donors (Lipinski definition) is 1. The molecule has 4 rings (SSSR count). The predicted molar refractivity (Wildman–Crippen MR) is 133 cm³/mol. The fourth-order valence-corrected chi connectivity index (χ4v) is 4.66. The number of aliphatic hydroxyl groups is 1. The van der Waals surface area contributed by atoms with Crippen molar-refractivity contribution >= 4 is 17.4 Å². The third-order valence-electron chi connectivity index (χ3n) is 6.59. The molecule has 2 aliphatic rings. The van der Waals surface area contributed by atoms with Crippen molar-refractivity contribution in [3.63, 3.8) is 0 Å². The van der Waals surface area contributed by atoms with Crippen LogP contribution in [0.25, 0.3) is 5.76 Å². The highest BCUT2D eigenvalue weighted by atomic mass is 16.5. The summed E-state index contributed by atoms with van der Waals surface area (Å²) in [5, 5.41) is 11.3. The van der Waals surface area contributed by atoms with Crippen LogP contribution in [0.2, 0.25) is 0 Å². The van der Waals surface area contributed by atoms with Crippen LogP contribution >= 0.6 is 0 Å². The van der Waals surface area contributed by atoms with Gasteiger partial charge in [0.05, 0.1) is 11.6 Å². The van der Waals surface area contributed by atoms with Gasteiger partial charge in [0.1, 0.15) is 17.6 Å². The van der Waals surface area contributed by atoms with E-state index in [-0.39, 0.29) is 22.9 Å². The lowest BCUT2D eigenvalue weighted by molar-refractivity contribution is -0.140. The van der Waals surface area contributed by atoms with Gasteiger partial charge in [0, 0.05) is 25.1 Å². The first-order valence-corrected chi connectivity index (χ1v) is 11.8. The maximum Gasteiger partial charge on any atom is 0.295 e. The molecule has 2 aromatic rings. The summed E-state index contributed by atoms with van der Waals surface area (Å²) in [5.74, 6) is -0.569. The highest BCUT2D eigenvalue weighted by Crippen LogP contribution is 2.41. The third kappa shape index (κ3) is 4.47. The van der Waals surface area contributed by atoms with E-state index in [0.717, 1.165) is 28.9 Å². The number of aliphatic hydroxyl groups excluding tert-OH is 1. The van der Waals surface area contributed by atoms with E-state index in [1.54, 1.807) is 11.0 Å². The number of likely N-dealkylation sites (N-methyl/N-ethyl adjacent to an activating group) is 1. The lowest BCUT2D eigenvalue weighted by Gasteiger charge is -2.27. The Balaban J connectivity index is 1.81. The van der Waals surface area contributed by atoms with Crippen molar-refractivity contribution in [2.75, 3.05) is 27.2 Å². The van der Waals surface area contributed by atoms with Crippen LogP contribution in [-0.2, 0) is 21.4 Å². The van der Waals surface area contributed by atoms with Crippen molar-refractivity contribution in [1.29, 1.82) is 0 Å². The fraction of sp³-hybridized carbons (Fsp3) is 0.429. The first-order chi connectivity index (χ1) is 16.0. The van der Waals surface area contributed by atoms with Gasteiger partial charge in [-0.15, -0.1) is 0 Å². The molecule has 1 amide bonds. The van der Waals surface area contributed by atoms with E-state index < -0.39 is 17.7 Å². The largest absolute Gasteiger partial charge is 0.507 e. The lowest BCUT2D eigenvalue weighted by atomic mass is 9.85. The van der Waals surface area contributed by atoms with E-state index in [1.165, 1.54) is 0 Å². The Hall–Kier alpha value is -3.12. The molecular formula is C28H34N2O4. The van der Waals surface area contributed by atoms with E-state index >= 15 is 0 Å². The summed E-state index contributed by atoms with van der Waals surface area (Å²) in [4.78, 5) is 29.9. The van der Waals surface area contributed by atoms with Crippen LogP contribution in [0.1, 0.15) is 56.0 Å². The second-order valence-corrected chi connectivity index (χ2v) is 10.6. The average molecular weight is 463 g/mol. The van der Waals surface area contributed by atoms with Crippen LogP contribution in [0.15, 0.2) is 48.0 Å². The summed E-state index contributed by atoms with van der Waals surface area (Å²) in [5.41, 5.74) is 3.61. The zero-order valence-corrected chi connectivity index (χ0v) is 20.9. The molecule has 0 aliphatic carbocycles. The monoisotopic (exact) mass is 462 g/mol. The van der Waals surface area contributed by atoms with E-state index in [4.69, 9.17) is 4.74 Å². The molecule has 0 aromatic heterocycles. The molecule has 2 aromatic carbocycles. The summed E-state index contributed by atoms with van der Waals surface area (Å²) in [6, 6.07) is 12.8. The molecule has 1 saturated heterocycles. The van der Waals surface area contributed by atoms with Gasteiger partial charge in [-0.1, -0.05) is 45.0 Å². The number of ketones is 1. The van der Waals surface area contributed by atoms with Gasteiger partial charge in [-0.2, -0.15) is 0 Å². The number of carbonyl (C=O) groups excluding carboxylic acids is 2. The third-order valence-corrected chi connectivity index (χ3v) is 6.59. The van der Waals surface area contributed by atoms with E-state index in [1.807, 2.05) is 62.3 Å². The maximum atomic E-state index is 13.2. The Morgan fingerprint density at radius 1 is 1.12 bits per heavy atom.